The molecule has 3 rings (SSSR count). The van der Waals surface area contributed by atoms with Gasteiger partial charge in [-0.15, -0.1) is 0 Å². The normalized spacial score (nSPS) is 20.6. The maximum Gasteiger partial charge on any atom is 0.224 e. The Hall–Kier alpha value is -1.71. The number of anilines is 3. The molecule has 1 fully saturated rings. The molecule has 2 aliphatic rings. The van der Waals surface area contributed by atoms with Crippen molar-refractivity contribution in [2.75, 3.05) is 16.4 Å². The molecule has 0 bridgehead atoms. The highest BCUT2D eigenvalue weighted by Crippen LogP contribution is 2.38. The first-order valence-corrected chi connectivity index (χ1v) is 6.56. The van der Waals surface area contributed by atoms with Gasteiger partial charge in [-0.3, -0.25) is 4.79 Å². The van der Waals surface area contributed by atoms with Crippen LogP contribution in [0.3, 0.4) is 0 Å². The second-order valence-corrected chi connectivity index (χ2v) is 5.68. The third-order valence-electron chi connectivity index (χ3n) is 4.06. The minimum Gasteiger partial charge on any atom is -0.397 e. The molecule has 0 atom stereocenters. The fraction of sp³-hybridized carbons (Fsp3) is 0.500. The molecule has 0 unspecified atom stereocenters. The smallest absolute Gasteiger partial charge is 0.224 e. The summed E-state index contributed by atoms with van der Waals surface area (Å²) in [4.78, 5) is 11.4. The summed E-state index contributed by atoms with van der Waals surface area (Å²) in [5.74, 6) is 0.0908. The number of carbonyl (C=O) groups excluding carboxylic acids is 1. The molecule has 1 aliphatic heterocycles. The number of nitrogen functional groups attached to an aromatic ring is 1. The van der Waals surface area contributed by atoms with Gasteiger partial charge in [0.25, 0.3) is 0 Å². The van der Waals surface area contributed by atoms with E-state index in [-0.39, 0.29) is 11.4 Å². The topological polar surface area (TPSA) is 67.1 Å². The fourth-order valence-electron chi connectivity index (χ4n) is 2.71. The predicted octanol–water partition coefficient (Wildman–Crippen LogP) is 2.51. The van der Waals surface area contributed by atoms with Crippen molar-refractivity contribution in [1.29, 1.82) is 0 Å². The Morgan fingerprint density at radius 1 is 1.33 bits per heavy atom. The zero-order valence-corrected chi connectivity index (χ0v) is 10.7. The predicted molar refractivity (Wildman–Crippen MR) is 73.7 cm³/mol. The van der Waals surface area contributed by atoms with Crippen molar-refractivity contribution >= 4 is 23.0 Å². The molecule has 1 aliphatic carbocycles. The van der Waals surface area contributed by atoms with E-state index in [0.29, 0.717) is 6.42 Å². The van der Waals surface area contributed by atoms with Crippen molar-refractivity contribution in [3.63, 3.8) is 0 Å². The van der Waals surface area contributed by atoms with Crippen molar-refractivity contribution in [3.8, 4) is 0 Å². The Bertz CT molecular complexity index is 506. The zero-order valence-electron chi connectivity index (χ0n) is 10.7. The largest absolute Gasteiger partial charge is 0.397 e. The highest BCUT2D eigenvalue weighted by Gasteiger charge is 2.32. The molecule has 0 spiro atoms. The van der Waals surface area contributed by atoms with Gasteiger partial charge in [-0.2, -0.15) is 0 Å². The SMILES string of the molecule is CC1(Nc2cc3c(cc2N)CCC(=O)N3)CCC1. The molecule has 4 heteroatoms. The maximum absolute atomic E-state index is 11.4. The van der Waals surface area contributed by atoms with Gasteiger partial charge in [0.2, 0.25) is 5.91 Å². The maximum atomic E-state index is 11.4. The number of hydrogen-bond donors (Lipinski definition) is 3. The van der Waals surface area contributed by atoms with Gasteiger partial charge >= 0.3 is 0 Å². The third-order valence-corrected chi connectivity index (χ3v) is 4.06. The van der Waals surface area contributed by atoms with Crippen LogP contribution in [0.5, 0.6) is 0 Å². The summed E-state index contributed by atoms with van der Waals surface area (Å²) in [5.41, 5.74) is 10.0. The van der Waals surface area contributed by atoms with Crippen LogP contribution in [0.1, 0.15) is 38.2 Å². The van der Waals surface area contributed by atoms with Crippen LogP contribution in [0.25, 0.3) is 0 Å². The van der Waals surface area contributed by atoms with Crippen LogP contribution in [-0.4, -0.2) is 11.4 Å². The van der Waals surface area contributed by atoms with Gasteiger partial charge in [0.15, 0.2) is 0 Å². The van der Waals surface area contributed by atoms with E-state index in [4.69, 9.17) is 5.73 Å². The Labute approximate surface area is 107 Å². The Morgan fingerprint density at radius 2 is 2.11 bits per heavy atom. The van der Waals surface area contributed by atoms with Crippen LogP contribution in [-0.2, 0) is 11.2 Å². The summed E-state index contributed by atoms with van der Waals surface area (Å²) in [6, 6.07) is 3.96. The average molecular weight is 245 g/mol. The van der Waals surface area contributed by atoms with E-state index in [2.05, 4.69) is 17.6 Å². The van der Waals surface area contributed by atoms with Crippen molar-refractivity contribution < 1.29 is 4.79 Å². The lowest BCUT2D eigenvalue weighted by Gasteiger charge is -2.40. The molecule has 1 saturated carbocycles. The molecule has 1 aromatic rings. The Morgan fingerprint density at radius 3 is 2.78 bits per heavy atom. The van der Waals surface area contributed by atoms with E-state index < -0.39 is 0 Å². The summed E-state index contributed by atoms with van der Waals surface area (Å²) in [7, 11) is 0. The first-order chi connectivity index (χ1) is 8.56. The number of hydrogen-bond acceptors (Lipinski definition) is 3. The quantitative estimate of drug-likeness (QED) is 0.701. The lowest BCUT2D eigenvalue weighted by molar-refractivity contribution is -0.116. The van der Waals surface area contributed by atoms with Gasteiger partial charge in [-0.05, 0) is 50.3 Å². The van der Waals surface area contributed by atoms with Gasteiger partial charge in [0.1, 0.15) is 0 Å². The Balaban J connectivity index is 1.90. The fourth-order valence-corrected chi connectivity index (χ4v) is 2.71. The number of fused-ring (bicyclic) bond motifs is 1. The number of aryl methyl sites for hydroxylation is 1. The molecular weight excluding hydrogens is 226 g/mol. The second-order valence-electron chi connectivity index (χ2n) is 5.68. The number of carbonyl (C=O) groups is 1. The molecule has 1 amide bonds. The van der Waals surface area contributed by atoms with Crippen molar-refractivity contribution in [1.82, 2.24) is 0 Å². The molecule has 4 N–H and O–H groups in total. The first-order valence-electron chi connectivity index (χ1n) is 6.56. The van der Waals surface area contributed by atoms with E-state index in [0.717, 1.165) is 29.0 Å². The minimum absolute atomic E-state index is 0.0908. The van der Waals surface area contributed by atoms with E-state index in [1.54, 1.807) is 0 Å². The monoisotopic (exact) mass is 245 g/mol. The van der Waals surface area contributed by atoms with Crippen molar-refractivity contribution in [2.24, 2.45) is 0 Å². The zero-order chi connectivity index (χ0) is 12.8. The van der Waals surface area contributed by atoms with Crippen LogP contribution < -0.4 is 16.4 Å². The van der Waals surface area contributed by atoms with Gasteiger partial charge in [-0.1, -0.05) is 0 Å². The molecule has 0 radical (unpaired) electrons. The van der Waals surface area contributed by atoms with Crippen LogP contribution in [0, 0.1) is 0 Å². The van der Waals surface area contributed by atoms with Crippen LogP contribution >= 0.6 is 0 Å². The molecule has 0 saturated heterocycles. The van der Waals surface area contributed by atoms with E-state index in [1.807, 2.05) is 12.1 Å². The summed E-state index contributed by atoms with van der Waals surface area (Å²) in [6.07, 6.45) is 4.96. The third kappa shape index (κ3) is 1.92. The van der Waals surface area contributed by atoms with E-state index >= 15 is 0 Å². The van der Waals surface area contributed by atoms with Crippen LogP contribution in [0.4, 0.5) is 17.1 Å². The van der Waals surface area contributed by atoms with E-state index in [9.17, 15) is 4.79 Å². The molecular formula is C14H19N3O. The highest BCUT2D eigenvalue weighted by atomic mass is 16.1. The van der Waals surface area contributed by atoms with Gasteiger partial charge < -0.3 is 16.4 Å². The summed E-state index contributed by atoms with van der Waals surface area (Å²) in [6.45, 7) is 2.22. The molecule has 96 valence electrons. The summed E-state index contributed by atoms with van der Waals surface area (Å²) in [5, 5.41) is 6.43. The molecule has 1 aromatic carbocycles. The van der Waals surface area contributed by atoms with Gasteiger partial charge in [0, 0.05) is 17.6 Å². The number of benzene rings is 1. The number of nitrogens with one attached hydrogen (secondary N) is 2. The van der Waals surface area contributed by atoms with Crippen molar-refractivity contribution in [2.45, 2.75) is 44.6 Å². The molecule has 4 nitrogen and oxygen atoms in total. The molecule has 1 heterocycles. The minimum atomic E-state index is 0.0908. The molecule has 18 heavy (non-hydrogen) atoms. The van der Waals surface area contributed by atoms with Crippen LogP contribution in [0.15, 0.2) is 12.1 Å². The second kappa shape index (κ2) is 3.90. The lowest BCUT2D eigenvalue weighted by Crippen LogP contribution is -2.41. The standard InChI is InChI=1S/C14H19N3O/c1-14(5-2-6-14)17-12-8-11-9(7-10(12)15)3-4-13(18)16-11/h7-8,17H,2-6,15H2,1H3,(H,16,18). The summed E-state index contributed by atoms with van der Waals surface area (Å²) >= 11 is 0. The van der Waals surface area contributed by atoms with Crippen LogP contribution in [0.2, 0.25) is 0 Å². The number of rotatable bonds is 2. The lowest BCUT2D eigenvalue weighted by atomic mass is 9.78. The van der Waals surface area contributed by atoms with Crippen molar-refractivity contribution in [3.05, 3.63) is 17.7 Å². The molecule has 0 aromatic heterocycles. The average Bonchev–Trinajstić information content (AvgIpc) is 2.28. The Kier molecular flexibility index (Phi) is 2.47. The highest BCUT2D eigenvalue weighted by molar-refractivity contribution is 5.95. The summed E-state index contributed by atoms with van der Waals surface area (Å²) < 4.78 is 0. The van der Waals surface area contributed by atoms with Gasteiger partial charge in [-0.25, -0.2) is 0 Å². The number of nitrogens with two attached hydrogens (primary N) is 1. The van der Waals surface area contributed by atoms with E-state index in [1.165, 1.54) is 19.3 Å². The number of amides is 1. The first kappa shape index (κ1) is 11.4. The van der Waals surface area contributed by atoms with Gasteiger partial charge in [0.05, 0.1) is 11.4 Å².